The second-order valence-electron chi connectivity index (χ2n) is 3.94. The Morgan fingerprint density at radius 1 is 1.39 bits per heavy atom. The summed E-state index contributed by atoms with van der Waals surface area (Å²) in [5.41, 5.74) is 2.15. The quantitative estimate of drug-likeness (QED) is 0.838. The fourth-order valence-corrected chi connectivity index (χ4v) is 2.38. The van der Waals surface area contributed by atoms with E-state index in [1.54, 1.807) is 11.8 Å². The molecule has 0 aliphatic carbocycles. The van der Waals surface area contributed by atoms with E-state index in [0.29, 0.717) is 0 Å². The average molecular weight is 263 g/mol. The van der Waals surface area contributed by atoms with E-state index in [9.17, 15) is 0 Å². The zero-order valence-corrected chi connectivity index (χ0v) is 11.7. The number of hydrogen-bond donors (Lipinski definition) is 1. The first-order valence-electron chi connectivity index (χ1n) is 5.88. The number of anilines is 1. The van der Waals surface area contributed by atoms with Gasteiger partial charge in [-0.15, -0.1) is 10.2 Å². The molecule has 96 valence electrons. The van der Waals surface area contributed by atoms with Gasteiger partial charge in [-0.2, -0.15) is 0 Å². The van der Waals surface area contributed by atoms with Crippen LogP contribution in [0.2, 0.25) is 0 Å². The molecule has 0 amide bonds. The molecule has 0 spiro atoms. The van der Waals surface area contributed by atoms with Crippen molar-refractivity contribution >= 4 is 17.4 Å². The maximum Gasteiger partial charge on any atom is 0.191 e. The number of aromatic nitrogens is 4. The highest BCUT2D eigenvalue weighted by atomic mass is 32.2. The molecule has 0 atom stereocenters. The van der Waals surface area contributed by atoms with Crippen molar-refractivity contribution in [1.29, 1.82) is 0 Å². The van der Waals surface area contributed by atoms with Gasteiger partial charge in [0.15, 0.2) is 5.16 Å². The normalized spacial score (nSPS) is 10.6. The van der Waals surface area contributed by atoms with Crippen molar-refractivity contribution in [2.75, 3.05) is 11.9 Å². The zero-order chi connectivity index (χ0) is 13.0. The number of hydrogen-bond acceptors (Lipinski definition) is 5. The van der Waals surface area contributed by atoms with E-state index in [2.05, 4.69) is 33.5 Å². The van der Waals surface area contributed by atoms with E-state index in [0.717, 1.165) is 34.7 Å². The molecule has 2 aromatic rings. The van der Waals surface area contributed by atoms with Gasteiger partial charge in [0.1, 0.15) is 5.82 Å². The number of rotatable bonds is 5. The van der Waals surface area contributed by atoms with Gasteiger partial charge in [0.05, 0.1) is 5.69 Å². The van der Waals surface area contributed by atoms with Gasteiger partial charge in [-0.25, -0.2) is 0 Å². The Morgan fingerprint density at radius 3 is 2.89 bits per heavy atom. The van der Waals surface area contributed by atoms with Crippen molar-refractivity contribution in [2.45, 2.75) is 24.8 Å². The second kappa shape index (κ2) is 5.86. The average Bonchev–Trinajstić information content (AvgIpc) is 2.69. The molecular weight excluding hydrogens is 246 g/mol. The van der Waals surface area contributed by atoms with Crippen LogP contribution in [0.5, 0.6) is 0 Å². The lowest BCUT2D eigenvalue weighted by Gasteiger charge is -2.05. The van der Waals surface area contributed by atoms with E-state index in [1.165, 1.54) is 0 Å². The maximum absolute atomic E-state index is 4.35. The maximum atomic E-state index is 4.35. The van der Waals surface area contributed by atoms with Crippen molar-refractivity contribution in [3.8, 4) is 0 Å². The summed E-state index contributed by atoms with van der Waals surface area (Å²) in [5, 5.41) is 12.4. The predicted octanol–water partition coefficient (Wildman–Crippen LogP) is 2.24. The van der Waals surface area contributed by atoms with Gasteiger partial charge in [0, 0.05) is 31.2 Å². The van der Waals surface area contributed by atoms with Gasteiger partial charge in [-0.05, 0) is 26.0 Å². The SMILES string of the molecule is CCNc1ccnc(CSc2nnc(C)n2C)c1. The Hall–Kier alpha value is -1.56. The molecule has 0 aliphatic heterocycles. The zero-order valence-electron chi connectivity index (χ0n) is 10.8. The van der Waals surface area contributed by atoms with E-state index in [1.807, 2.05) is 30.8 Å². The first kappa shape index (κ1) is 12.9. The summed E-state index contributed by atoms with van der Waals surface area (Å²) in [4.78, 5) is 4.35. The number of nitrogens with zero attached hydrogens (tertiary/aromatic N) is 4. The van der Waals surface area contributed by atoms with Crippen molar-refractivity contribution in [2.24, 2.45) is 7.05 Å². The summed E-state index contributed by atoms with van der Waals surface area (Å²) < 4.78 is 1.98. The summed E-state index contributed by atoms with van der Waals surface area (Å²) >= 11 is 1.65. The summed E-state index contributed by atoms with van der Waals surface area (Å²) in [7, 11) is 1.97. The number of aryl methyl sites for hydroxylation is 1. The van der Waals surface area contributed by atoms with Crippen LogP contribution in [0, 0.1) is 6.92 Å². The van der Waals surface area contributed by atoms with Crippen molar-refractivity contribution in [3.05, 3.63) is 29.8 Å². The topological polar surface area (TPSA) is 55.6 Å². The molecule has 18 heavy (non-hydrogen) atoms. The van der Waals surface area contributed by atoms with Crippen LogP contribution in [0.4, 0.5) is 5.69 Å². The third-order valence-corrected chi connectivity index (χ3v) is 3.65. The molecule has 1 N–H and O–H groups in total. The minimum Gasteiger partial charge on any atom is -0.385 e. The van der Waals surface area contributed by atoms with Gasteiger partial charge in [0.2, 0.25) is 0 Å². The molecule has 0 saturated heterocycles. The van der Waals surface area contributed by atoms with E-state index in [-0.39, 0.29) is 0 Å². The van der Waals surface area contributed by atoms with Crippen LogP contribution in [-0.4, -0.2) is 26.3 Å². The molecule has 0 aliphatic rings. The van der Waals surface area contributed by atoms with Crippen molar-refractivity contribution < 1.29 is 0 Å². The van der Waals surface area contributed by atoms with Crippen molar-refractivity contribution in [1.82, 2.24) is 19.7 Å². The first-order valence-corrected chi connectivity index (χ1v) is 6.87. The van der Waals surface area contributed by atoms with Gasteiger partial charge < -0.3 is 9.88 Å². The number of pyridine rings is 1. The van der Waals surface area contributed by atoms with E-state index < -0.39 is 0 Å². The first-order chi connectivity index (χ1) is 8.70. The minimum absolute atomic E-state index is 0.797. The molecule has 0 fully saturated rings. The van der Waals surface area contributed by atoms with E-state index >= 15 is 0 Å². The predicted molar refractivity (Wildman–Crippen MR) is 73.7 cm³/mol. The smallest absolute Gasteiger partial charge is 0.191 e. The van der Waals surface area contributed by atoms with Crippen LogP contribution in [0.25, 0.3) is 0 Å². The molecular formula is C12H17N5S. The third-order valence-electron chi connectivity index (χ3n) is 2.60. The summed E-state index contributed by atoms with van der Waals surface area (Å²) in [5.74, 6) is 1.72. The molecule has 0 radical (unpaired) electrons. The summed E-state index contributed by atoms with van der Waals surface area (Å²) in [6.45, 7) is 4.94. The highest BCUT2D eigenvalue weighted by Gasteiger charge is 2.06. The number of thioether (sulfide) groups is 1. The molecule has 0 aromatic carbocycles. The lowest BCUT2D eigenvalue weighted by atomic mass is 10.3. The lowest BCUT2D eigenvalue weighted by Crippen LogP contribution is -1.98. The van der Waals surface area contributed by atoms with Crippen molar-refractivity contribution in [3.63, 3.8) is 0 Å². The molecule has 2 rings (SSSR count). The van der Waals surface area contributed by atoms with Gasteiger partial charge in [0.25, 0.3) is 0 Å². The van der Waals surface area contributed by atoms with Gasteiger partial charge in [-0.1, -0.05) is 11.8 Å². The van der Waals surface area contributed by atoms with Gasteiger partial charge >= 0.3 is 0 Å². The standard InChI is InChI=1S/C12H17N5S/c1-4-13-10-5-6-14-11(7-10)8-18-12-16-15-9(2)17(12)3/h5-7H,4,8H2,1-3H3,(H,13,14). The summed E-state index contributed by atoms with van der Waals surface area (Å²) in [6.07, 6.45) is 1.83. The number of nitrogens with one attached hydrogen (secondary N) is 1. The fourth-order valence-electron chi connectivity index (χ4n) is 1.52. The lowest BCUT2D eigenvalue weighted by molar-refractivity contribution is 0.765. The second-order valence-corrected chi connectivity index (χ2v) is 4.89. The Balaban J connectivity index is 2.01. The fraction of sp³-hybridized carbons (Fsp3) is 0.417. The Bertz CT molecular complexity index is 523. The van der Waals surface area contributed by atoms with Gasteiger partial charge in [-0.3, -0.25) is 4.98 Å². The highest BCUT2D eigenvalue weighted by molar-refractivity contribution is 7.98. The highest BCUT2D eigenvalue weighted by Crippen LogP contribution is 2.21. The third kappa shape index (κ3) is 3.01. The molecule has 0 saturated carbocycles. The monoisotopic (exact) mass is 263 g/mol. The molecule has 2 aromatic heterocycles. The van der Waals surface area contributed by atoms with Crippen LogP contribution in [0.15, 0.2) is 23.5 Å². The molecule has 5 nitrogen and oxygen atoms in total. The Kier molecular flexibility index (Phi) is 4.19. The van der Waals surface area contributed by atoms with Crippen LogP contribution in [-0.2, 0) is 12.8 Å². The Labute approximate surface area is 111 Å². The van der Waals surface area contributed by atoms with Crippen LogP contribution in [0.3, 0.4) is 0 Å². The minimum atomic E-state index is 0.797. The molecule has 0 unspecified atom stereocenters. The largest absolute Gasteiger partial charge is 0.385 e. The van der Waals surface area contributed by atoms with E-state index in [4.69, 9.17) is 0 Å². The Morgan fingerprint density at radius 2 is 2.22 bits per heavy atom. The molecule has 6 heteroatoms. The molecule has 2 heterocycles. The molecule has 0 bridgehead atoms. The summed E-state index contributed by atoms with van der Waals surface area (Å²) in [6, 6.07) is 4.05. The van der Waals surface area contributed by atoms with Crippen LogP contribution >= 0.6 is 11.8 Å². The van der Waals surface area contributed by atoms with Crippen LogP contribution in [0.1, 0.15) is 18.4 Å². The van der Waals surface area contributed by atoms with Crippen LogP contribution < -0.4 is 5.32 Å².